The molecule has 1 aliphatic rings. The van der Waals surface area contributed by atoms with Crippen molar-refractivity contribution in [3.63, 3.8) is 0 Å². The molecular formula is C19H18N2O4. The number of benzene rings is 2. The maximum atomic E-state index is 12.0. The zero-order chi connectivity index (χ0) is 17.6. The highest BCUT2D eigenvalue weighted by Gasteiger charge is 2.23. The molecule has 0 saturated carbocycles. The predicted molar refractivity (Wildman–Crippen MR) is 91.8 cm³/mol. The molecule has 2 aromatic carbocycles. The molecule has 0 bridgehead atoms. The normalized spacial score (nSPS) is 16.1. The van der Waals surface area contributed by atoms with Crippen LogP contribution in [0.3, 0.4) is 0 Å². The van der Waals surface area contributed by atoms with Gasteiger partial charge in [-0.05, 0) is 49.2 Å². The Labute approximate surface area is 145 Å². The first-order valence-corrected chi connectivity index (χ1v) is 7.98. The summed E-state index contributed by atoms with van der Waals surface area (Å²) in [4.78, 5) is 12.0. The average molecular weight is 338 g/mol. The molecule has 0 unspecified atom stereocenters. The van der Waals surface area contributed by atoms with E-state index in [1.54, 1.807) is 42.5 Å². The molecule has 1 atom stereocenters. The lowest BCUT2D eigenvalue weighted by molar-refractivity contribution is -0.124. The zero-order valence-electron chi connectivity index (χ0n) is 13.8. The summed E-state index contributed by atoms with van der Waals surface area (Å²) in [6, 6.07) is 14.0. The fourth-order valence-electron chi connectivity index (χ4n) is 2.56. The lowest BCUT2D eigenvalue weighted by Gasteiger charge is -2.12. The van der Waals surface area contributed by atoms with E-state index in [2.05, 4.69) is 11.4 Å². The highest BCUT2D eigenvalue weighted by atomic mass is 16.5. The fraction of sp³-hybridized carbons (Fsp3) is 0.263. The molecule has 0 radical (unpaired) electrons. The van der Waals surface area contributed by atoms with Gasteiger partial charge < -0.3 is 19.5 Å². The van der Waals surface area contributed by atoms with Gasteiger partial charge in [-0.2, -0.15) is 5.26 Å². The van der Waals surface area contributed by atoms with Gasteiger partial charge in [-0.3, -0.25) is 4.79 Å². The number of hydrogen-bond acceptors (Lipinski definition) is 5. The first-order chi connectivity index (χ1) is 12.2. The quantitative estimate of drug-likeness (QED) is 0.903. The first kappa shape index (κ1) is 16.8. The van der Waals surface area contributed by atoms with Gasteiger partial charge in [-0.25, -0.2) is 0 Å². The van der Waals surface area contributed by atoms with Crippen molar-refractivity contribution < 1.29 is 19.0 Å². The molecule has 3 rings (SSSR count). The molecule has 1 saturated heterocycles. The van der Waals surface area contributed by atoms with E-state index in [-0.39, 0.29) is 12.0 Å². The van der Waals surface area contributed by atoms with E-state index in [0.29, 0.717) is 35.1 Å². The lowest BCUT2D eigenvalue weighted by Crippen LogP contribution is -2.26. The number of nitriles is 1. The number of carbonyl (C=O) groups excluding carboxylic acids is 1. The van der Waals surface area contributed by atoms with Gasteiger partial charge in [0.1, 0.15) is 11.9 Å². The second kappa shape index (κ2) is 7.69. The maximum Gasteiger partial charge on any atom is 0.253 e. The average Bonchev–Trinajstić information content (AvgIpc) is 3.18. The zero-order valence-corrected chi connectivity index (χ0v) is 13.8. The van der Waals surface area contributed by atoms with Crippen LogP contribution in [0.2, 0.25) is 0 Å². The van der Waals surface area contributed by atoms with Crippen molar-refractivity contribution in [2.45, 2.75) is 18.9 Å². The number of rotatable bonds is 5. The van der Waals surface area contributed by atoms with E-state index < -0.39 is 0 Å². The van der Waals surface area contributed by atoms with Crippen molar-refractivity contribution in [2.75, 3.05) is 19.0 Å². The second-order valence-electron chi connectivity index (χ2n) is 5.59. The smallest absolute Gasteiger partial charge is 0.253 e. The number of hydrogen-bond donors (Lipinski definition) is 1. The third-order valence-electron chi connectivity index (χ3n) is 3.86. The van der Waals surface area contributed by atoms with Crippen molar-refractivity contribution in [1.82, 2.24) is 0 Å². The molecule has 6 heteroatoms. The monoisotopic (exact) mass is 338 g/mol. The Balaban J connectivity index is 1.66. The minimum atomic E-state index is -0.362. The van der Waals surface area contributed by atoms with E-state index in [1.807, 2.05) is 0 Å². The highest BCUT2D eigenvalue weighted by Crippen LogP contribution is 2.32. The Morgan fingerprint density at radius 2 is 2.04 bits per heavy atom. The molecule has 2 aromatic rings. The fourth-order valence-corrected chi connectivity index (χ4v) is 2.56. The minimum Gasteiger partial charge on any atom is -0.493 e. The molecule has 1 aliphatic heterocycles. The van der Waals surface area contributed by atoms with Crippen LogP contribution in [0.5, 0.6) is 17.2 Å². The second-order valence-corrected chi connectivity index (χ2v) is 5.59. The Bertz CT molecular complexity index is 790. The molecule has 1 N–H and O–H groups in total. The Morgan fingerprint density at radius 1 is 1.24 bits per heavy atom. The van der Waals surface area contributed by atoms with Crippen molar-refractivity contribution in [3.8, 4) is 23.3 Å². The largest absolute Gasteiger partial charge is 0.493 e. The molecule has 1 fully saturated rings. The molecule has 1 amide bonds. The molecule has 6 nitrogen and oxygen atoms in total. The van der Waals surface area contributed by atoms with Crippen LogP contribution in [-0.2, 0) is 9.53 Å². The van der Waals surface area contributed by atoms with Gasteiger partial charge in [0.15, 0.2) is 11.5 Å². The number of ether oxygens (including phenoxy) is 3. The summed E-state index contributed by atoms with van der Waals surface area (Å²) in [5, 5.41) is 11.8. The topological polar surface area (TPSA) is 80.6 Å². The van der Waals surface area contributed by atoms with Crippen LogP contribution in [0, 0.1) is 11.3 Å². The van der Waals surface area contributed by atoms with Gasteiger partial charge in [0.25, 0.3) is 5.91 Å². The number of anilines is 1. The van der Waals surface area contributed by atoms with E-state index in [9.17, 15) is 4.79 Å². The summed E-state index contributed by atoms with van der Waals surface area (Å²) in [6.07, 6.45) is 1.31. The van der Waals surface area contributed by atoms with Crippen molar-refractivity contribution >= 4 is 11.6 Å². The van der Waals surface area contributed by atoms with Crippen molar-refractivity contribution in [3.05, 3.63) is 48.0 Å². The van der Waals surface area contributed by atoms with Crippen LogP contribution in [0.4, 0.5) is 5.69 Å². The van der Waals surface area contributed by atoms with Gasteiger partial charge in [0.05, 0.1) is 18.7 Å². The first-order valence-electron chi connectivity index (χ1n) is 7.98. The molecule has 0 spiro atoms. The van der Waals surface area contributed by atoms with Crippen molar-refractivity contribution in [2.24, 2.45) is 0 Å². The van der Waals surface area contributed by atoms with Crippen molar-refractivity contribution in [1.29, 1.82) is 5.26 Å². The maximum absolute atomic E-state index is 12.0. The van der Waals surface area contributed by atoms with Gasteiger partial charge in [-0.15, -0.1) is 0 Å². The standard InChI is InChI=1S/C19H18N2O4/c1-23-18-11-13(12-20)4-9-16(18)25-15-7-5-14(6-8-15)21-19(22)17-3-2-10-24-17/h4-9,11,17H,2-3,10H2,1H3,(H,21,22)/t17-/m0/s1. The summed E-state index contributed by atoms with van der Waals surface area (Å²) >= 11 is 0. The Morgan fingerprint density at radius 3 is 2.68 bits per heavy atom. The Hall–Kier alpha value is -3.04. The summed E-state index contributed by atoms with van der Waals surface area (Å²) in [7, 11) is 1.52. The molecule has 0 aliphatic carbocycles. The number of methoxy groups -OCH3 is 1. The molecule has 128 valence electrons. The summed E-state index contributed by atoms with van der Waals surface area (Å²) < 4.78 is 16.4. The third-order valence-corrected chi connectivity index (χ3v) is 3.86. The van der Waals surface area contributed by atoms with Gasteiger partial charge in [0, 0.05) is 18.4 Å². The van der Waals surface area contributed by atoms with Crippen LogP contribution < -0.4 is 14.8 Å². The van der Waals surface area contributed by atoms with Crippen LogP contribution in [-0.4, -0.2) is 25.7 Å². The van der Waals surface area contributed by atoms with Gasteiger partial charge in [-0.1, -0.05) is 0 Å². The summed E-state index contributed by atoms with van der Waals surface area (Å²) in [6.45, 7) is 0.636. The van der Waals surface area contributed by atoms with E-state index in [4.69, 9.17) is 19.5 Å². The van der Waals surface area contributed by atoms with Crippen LogP contribution in [0.15, 0.2) is 42.5 Å². The van der Waals surface area contributed by atoms with E-state index >= 15 is 0 Å². The molecule has 0 aromatic heterocycles. The lowest BCUT2D eigenvalue weighted by atomic mass is 10.2. The predicted octanol–water partition coefficient (Wildman–Crippen LogP) is 3.48. The number of nitrogens with zero attached hydrogens (tertiary/aromatic N) is 1. The minimum absolute atomic E-state index is 0.125. The van der Waals surface area contributed by atoms with Crippen LogP contribution in [0.1, 0.15) is 18.4 Å². The molecule has 1 heterocycles. The number of amides is 1. The van der Waals surface area contributed by atoms with E-state index in [1.165, 1.54) is 7.11 Å². The summed E-state index contributed by atoms with van der Waals surface area (Å²) in [5.41, 5.74) is 1.18. The van der Waals surface area contributed by atoms with Crippen LogP contribution >= 0.6 is 0 Å². The SMILES string of the molecule is COc1cc(C#N)ccc1Oc1ccc(NC(=O)[C@@H]2CCCO2)cc1. The Kier molecular flexibility index (Phi) is 5.17. The highest BCUT2D eigenvalue weighted by molar-refractivity contribution is 5.94. The van der Waals surface area contributed by atoms with E-state index in [0.717, 1.165) is 12.8 Å². The van der Waals surface area contributed by atoms with Crippen LogP contribution in [0.25, 0.3) is 0 Å². The molecule has 25 heavy (non-hydrogen) atoms. The molecular weight excluding hydrogens is 320 g/mol. The van der Waals surface area contributed by atoms with Gasteiger partial charge in [0.2, 0.25) is 0 Å². The number of carbonyl (C=O) groups is 1. The summed E-state index contributed by atoms with van der Waals surface area (Å²) in [5.74, 6) is 1.46. The third kappa shape index (κ3) is 4.08. The van der Waals surface area contributed by atoms with Gasteiger partial charge >= 0.3 is 0 Å². The number of nitrogens with one attached hydrogen (secondary N) is 1.